The number of aliphatic hydroxyl groups excluding tert-OH is 1. The van der Waals surface area contributed by atoms with Gasteiger partial charge in [0.25, 0.3) is 0 Å². The summed E-state index contributed by atoms with van der Waals surface area (Å²) in [5, 5.41) is 14.1. The molecule has 0 amide bonds. The maximum Gasteiger partial charge on any atom is 0.181 e. The Hall–Kier alpha value is -1.80. The molecule has 2 aromatic heterocycles. The topological polar surface area (TPSA) is 81.4 Å². The fraction of sp³-hybridized carbons (Fsp3) is 0.467. The van der Waals surface area contributed by atoms with Gasteiger partial charge in [-0.15, -0.1) is 0 Å². The molecule has 2 saturated heterocycles. The van der Waals surface area contributed by atoms with Gasteiger partial charge in [0.05, 0.1) is 30.8 Å². The van der Waals surface area contributed by atoms with Gasteiger partial charge >= 0.3 is 0 Å². The van der Waals surface area contributed by atoms with Gasteiger partial charge in [0, 0.05) is 25.1 Å². The Morgan fingerprint density at radius 3 is 3.09 bits per heavy atom. The van der Waals surface area contributed by atoms with Gasteiger partial charge in [0.2, 0.25) is 0 Å². The van der Waals surface area contributed by atoms with Gasteiger partial charge in [-0.05, 0) is 12.1 Å². The van der Waals surface area contributed by atoms with Crippen LogP contribution < -0.4 is 5.32 Å². The van der Waals surface area contributed by atoms with Crippen LogP contribution in [0.4, 0.5) is 0 Å². The molecule has 0 aliphatic carbocycles. The lowest BCUT2D eigenvalue weighted by Gasteiger charge is -2.39. The van der Waals surface area contributed by atoms with Gasteiger partial charge in [-0.3, -0.25) is 4.98 Å². The van der Waals surface area contributed by atoms with E-state index in [9.17, 15) is 5.11 Å². The van der Waals surface area contributed by atoms with Crippen LogP contribution in [-0.4, -0.2) is 50.8 Å². The minimum Gasteiger partial charge on any atom is -0.389 e. The SMILES string of the molecule is OC1C(NCc2ccccn2)C2COC(O2)C1n1ccnc1. The van der Waals surface area contributed by atoms with Crippen LogP contribution in [0.25, 0.3) is 0 Å². The number of hydrogen-bond donors (Lipinski definition) is 2. The maximum absolute atomic E-state index is 10.8. The van der Waals surface area contributed by atoms with Crippen LogP contribution >= 0.6 is 0 Å². The van der Waals surface area contributed by atoms with E-state index < -0.39 is 12.4 Å². The van der Waals surface area contributed by atoms with Crippen molar-refractivity contribution in [2.75, 3.05) is 6.61 Å². The molecule has 4 rings (SSSR count). The summed E-state index contributed by atoms with van der Waals surface area (Å²) >= 11 is 0. The number of imidazole rings is 1. The molecule has 5 atom stereocenters. The van der Waals surface area contributed by atoms with Gasteiger partial charge in [-0.1, -0.05) is 6.07 Å². The molecule has 2 aliphatic rings. The molecule has 2 aromatic rings. The Bertz CT molecular complexity index is 607. The molecule has 5 unspecified atom stereocenters. The lowest BCUT2D eigenvalue weighted by Crippen LogP contribution is -2.57. The van der Waals surface area contributed by atoms with Crippen LogP contribution in [0.2, 0.25) is 0 Å². The molecule has 2 fully saturated rings. The van der Waals surface area contributed by atoms with E-state index in [0.717, 1.165) is 5.69 Å². The molecule has 0 spiro atoms. The molecular weight excluding hydrogens is 284 g/mol. The van der Waals surface area contributed by atoms with Gasteiger partial charge in [0.15, 0.2) is 6.29 Å². The molecule has 116 valence electrons. The summed E-state index contributed by atoms with van der Waals surface area (Å²) in [4.78, 5) is 8.33. The van der Waals surface area contributed by atoms with Crippen molar-refractivity contribution in [2.45, 2.75) is 37.1 Å². The third kappa shape index (κ3) is 2.42. The van der Waals surface area contributed by atoms with Gasteiger partial charge in [0.1, 0.15) is 12.1 Å². The van der Waals surface area contributed by atoms with Crippen molar-refractivity contribution in [1.29, 1.82) is 0 Å². The number of ether oxygens (including phenoxy) is 2. The normalized spacial score (nSPS) is 34.0. The van der Waals surface area contributed by atoms with Crippen LogP contribution in [0.1, 0.15) is 11.7 Å². The second-order valence-corrected chi connectivity index (χ2v) is 5.60. The molecular formula is C15H18N4O3. The van der Waals surface area contributed by atoms with Crippen molar-refractivity contribution in [1.82, 2.24) is 19.9 Å². The van der Waals surface area contributed by atoms with E-state index in [-0.39, 0.29) is 18.2 Å². The lowest BCUT2D eigenvalue weighted by atomic mass is 9.96. The number of aliphatic hydroxyl groups is 1. The molecule has 0 saturated carbocycles. The number of nitrogens with one attached hydrogen (secondary N) is 1. The van der Waals surface area contributed by atoms with Crippen molar-refractivity contribution in [3.8, 4) is 0 Å². The molecule has 4 heterocycles. The second kappa shape index (κ2) is 5.77. The minimum atomic E-state index is -0.621. The first-order valence-electron chi connectivity index (χ1n) is 7.39. The van der Waals surface area contributed by atoms with Gasteiger partial charge in [-0.2, -0.15) is 0 Å². The van der Waals surface area contributed by atoms with Crippen LogP contribution in [0.5, 0.6) is 0 Å². The second-order valence-electron chi connectivity index (χ2n) is 5.60. The van der Waals surface area contributed by atoms with Crippen molar-refractivity contribution in [3.05, 3.63) is 48.8 Å². The number of aromatic nitrogens is 3. The fourth-order valence-corrected chi connectivity index (χ4v) is 3.14. The number of hydrogen-bond acceptors (Lipinski definition) is 6. The van der Waals surface area contributed by atoms with Crippen LogP contribution in [0.3, 0.4) is 0 Å². The fourth-order valence-electron chi connectivity index (χ4n) is 3.14. The molecule has 0 aromatic carbocycles. The zero-order valence-electron chi connectivity index (χ0n) is 11.9. The van der Waals surface area contributed by atoms with Crippen molar-refractivity contribution in [3.63, 3.8) is 0 Å². The Balaban J connectivity index is 1.51. The average Bonchev–Trinajstić information content (AvgIpc) is 3.20. The highest BCUT2D eigenvalue weighted by molar-refractivity contribution is 5.06. The van der Waals surface area contributed by atoms with Crippen LogP contribution in [-0.2, 0) is 16.0 Å². The third-order valence-electron chi connectivity index (χ3n) is 4.25. The first kappa shape index (κ1) is 13.8. The van der Waals surface area contributed by atoms with E-state index in [4.69, 9.17) is 9.47 Å². The molecule has 2 bridgehead atoms. The van der Waals surface area contributed by atoms with E-state index in [2.05, 4.69) is 15.3 Å². The standard InChI is InChI=1S/C15H18N4O3/c20-14-12(18-7-10-3-1-2-4-17-10)11-8-21-15(22-11)13(14)19-6-5-16-9-19/h1-6,9,11-15,18,20H,7-8H2. The summed E-state index contributed by atoms with van der Waals surface area (Å²) in [5.41, 5.74) is 0.926. The Kier molecular flexibility index (Phi) is 3.63. The quantitative estimate of drug-likeness (QED) is 0.833. The molecule has 22 heavy (non-hydrogen) atoms. The predicted molar refractivity (Wildman–Crippen MR) is 76.7 cm³/mol. The van der Waals surface area contributed by atoms with Crippen LogP contribution in [0, 0.1) is 0 Å². The van der Waals surface area contributed by atoms with E-state index in [1.807, 2.05) is 29.0 Å². The van der Waals surface area contributed by atoms with E-state index >= 15 is 0 Å². The molecule has 2 N–H and O–H groups in total. The number of rotatable bonds is 4. The molecule has 7 heteroatoms. The van der Waals surface area contributed by atoms with Crippen molar-refractivity contribution >= 4 is 0 Å². The highest BCUT2D eigenvalue weighted by atomic mass is 16.7. The summed E-state index contributed by atoms with van der Waals surface area (Å²) in [6.45, 7) is 1.05. The lowest BCUT2D eigenvalue weighted by molar-refractivity contribution is -0.165. The smallest absolute Gasteiger partial charge is 0.181 e. The number of nitrogens with zero attached hydrogens (tertiary/aromatic N) is 3. The highest BCUT2D eigenvalue weighted by Crippen LogP contribution is 2.35. The summed E-state index contributed by atoms with van der Waals surface area (Å²) in [7, 11) is 0. The minimum absolute atomic E-state index is 0.150. The monoisotopic (exact) mass is 302 g/mol. The first-order valence-corrected chi connectivity index (χ1v) is 7.39. The summed E-state index contributed by atoms with van der Waals surface area (Å²) < 4.78 is 13.4. The van der Waals surface area contributed by atoms with Crippen LogP contribution in [0.15, 0.2) is 43.1 Å². The Labute approximate surface area is 127 Å². The molecule has 2 aliphatic heterocycles. The van der Waals surface area contributed by atoms with Crippen molar-refractivity contribution in [2.24, 2.45) is 0 Å². The van der Waals surface area contributed by atoms with Gasteiger partial charge < -0.3 is 24.5 Å². The average molecular weight is 302 g/mol. The maximum atomic E-state index is 10.8. The molecule has 7 nitrogen and oxygen atoms in total. The van der Waals surface area contributed by atoms with E-state index in [1.54, 1.807) is 18.7 Å². The number of pyridine rings is 1. The Morgan fingerprint density at radius 1 is 1.36 bits per heavy atom. The van der Waals surface area contributed by atoms with E-state index in [0.29, 0.717) is 13.2 Å². The summed E-state index contributed by atoms with van der Waals surface area (Å²) in [6, 6.07) is 5.26. The van der Waals surface area contributed by atoms with Crippen molar-refractivity contribution < 1.29 is 14.6 Å². The summed E-state index contributed by atoms with van der Waals surface area (Å²) in [5.74, 6) is 0. The predicted octanol–water partition coefficient (Wildman–Crippen LogP) is 0.0936. The Morgan fingerprint density at radius 2 is 2.32 bits per heavy atom. The zero-order valence-corrected chi connectivity index (χ0v) is 11.9. The van der Waals surface area contributed by atoms with E-state index in [1.165, 1.54) is 0 Å². The number of fused-ring (bicyclic) bond motifs is 2. The third-order valence-corrected chi connectivity index (χ3v) is 4.25. The summed E-state index contributed by atoms with van der Waals surface area (Å²) in [6.07, 6.45) is 5.73. The zero-order chi connectivity index (χ0) is 14.9. The molecule has 0 radical (unpaired) electrons. The van der Waals surface area contributed by atoms with Gasteiger partial charge in [-0.25, -0.2) is 4.98 Å². The highest BCUT2D eigenvalue weighted by Gasteiger charge is 2.50. The largest absolute Gasteiger partial charge is 0.389 e. The first-order chi connectivity index (χ1) is 10.8.